The molecule has 2 aromatic heterocycles. The molecule has 0 spiro atoms. The van der Waals surface area contributed by atoms with Crippen LogP contribution in [0.25, 0.3) is 5.65 Å². The summed E-state index contributed by atoms with van der Waals surface area (Å²) in [6.45, 7) is 4.52. The molecule has 146 valence electrons. The van der Waals surface area contributed by atoms with E-state index in [0.717, 1.165) is 28.2 Å². The average Bonchev–Trinajstić information content (AvgIpc) is 3.18. The minimum Gasteiger partial charge on any atom is -0.496 e. The van der Waals surface area contributed by atoms with E-state index in [1.807, 2.05) is 60.6 Å². The number of benzene rings is 1. The Balaban J connectivity index is 1.77. The second-order valence-corrected chi connectivity index (χ2v) is 7.06. The predicted octanol–water partition coefficient (Wildman–Crippen LogP) is 3.03. The highest BCUT2D eigenvalue weighted by Crippen LogP contribution is 2.35. The number of aromatic nitrogens is 2. The van der Waals surface area contributed by atoms with Crippen molar-refractivity contribution in [2.75, 3.05) is 33.4 Å². The Morgan fingerprint density at radius 3 is 2.79 bits per heavy atom. The zero-order valence-corrected chi connectivity index (χ0v) is 16.3. The highest BCUT2D eigenvalue weighted by molar-refractivity contribution is 5.78. The number of hydrogen-bond donors (Lipinski definition) is 0. The number of fused-ring (bicyclic) bond motifs is 1. The minimum absolute atomic E-state index is 0.127. The van der Waals surface area contributed by atoms with Crippen molar-refractivity contribution in [3.05, 3.63) is 65.6 Å². The molecular formula is C22H25N3O3. The molecule has 0 radical (unpaired) electrons. The molecule has 1 aliphatic rings. The number of ether oxygens (including phenoxy) is 2. The first-order chi connectivity index (χ1) is 13.7. The van der Waals surface area contributed by atoms with Gasteiger partial charge in [-0.05, 0) is 24.6 Å². The van der Waals surface area contributed by atoms with Gasteiger partial charge in [0.25, 0.3) is 0 Å². The Bertz CT molecular complexity index is 976. The number of amides is 1. The summed E-state index contributed by atoms with van der Waals surface area (Å²) < 4.78 is 13.1. The van der Waals surface area contributed by atoms with Crippen LogP contribution in [0.15, 0.2) is 48.8 Å². The van der Waals surface area contributed by atoms with E-state index < -0.39 is 0 Å². The number of methoxy groups -OCH3 is 1. The topological polar surface area (TPSA) is 56.1 Å². The van der Waals surface area contributed by atoms with Crippen LogP contribution >= 0.6 is 0 Å². The Morgan fingerprint density at radius 2 is 2.00 bits per heavy atom. The maximum atomic E-state index is 13.1. The molecule has 1 fully saturated rings. The van der Waals surface area contributed by atoms with Crippen molar-refractivity contribution in [3.63, 3.8) is 0 Å². The lowest BCUT2D eigenvalue weighted by Gasteiger charge is -2.29. The molecule has 0 N–H and O–H groups in total. The average molecular weight is 379 g/mol. The van der Waals surface area contributed by atoms with E-state index >= 15 is 0 Å². The number of carbonyl (C=O) groups excluding carboxylic acids is 1. The molecule has 1 amide bonds. The Hall–Kier alpha value is -2.86. The largest absolute Gasteiger partial charge is 0.496 e. The van der Waals surface area contributed by atoms with Crippen LogP contribution in [-0.4, -0.2) is 53.6 Å². The minimum atomic E-state index is -0.150. The van der Waals surface area contributed by atoms with Gasteiger partial charge in [-0.3, -0.25) is 4.79 Å². The molecule has 0 bridgehead atoms. The van der Waals surface area contributed by atoms with Crippen molar-refractivity contribution in [1.82, 2.24) is 14.3 Å². The predicted molar refractivity (Wildman–Crippen MR) is 107 cm³/mol. The summed E-state index contributed by atoms with van der Waals surface area (Å²) in [4.78, 5) is 19.6. The number of nitrogens with zero attached hydrogens (tertiary/aromatic N) is 3. The molecule has 6 heteroatoms. The molecule has 3 aromatic rings. The van der Waals surface area contributed by atoms with Gasteiger partial charge in [0.15, 0.2) is 0 Å². The third kappa shape index (κ3) is 3.47. The summed E-state index contributed by atoms with van der Waals surface area (Å²) in [5.74, 6) is 0.759. The van der Waals surface area contributed by atoms with Gasteiger partial charge in [-0.25, -0.2) is 4.98 Å². The number of rotatable bonds is 5. The smallest absolute Gasteiger partial charge is 0.223 e. The van der Waals surface area contributed by atoms with Crippen molar-refractivity contribution in [3.8, 4) is 5.75 Å². The van der Waals surface area contributed by atoms with Crippen molar-refractivity contribution < 1.29 is 14.3 Å². The molecular weight excluding hydrogens is 354 g/mol. The summed E-state index contributed by atoms with van der Waals surface area (Å²) in [5.41, 5.74) is 4.00. The first-order valence-electron chi connectivity index (χ1n) is 9.60. The number of carbonyl (C=O) groups is 1. The fourth-order valence-corrected chi connectivity index (χ4v) is 3.87. The summed E-state index contributed by atoms with van der Waals surface area (Å²) in [6, 6.07) is 12.0. The quantitative estimate of drug-likeness (QED) is 0.684. The second-order valence-electron chi connectivity index (χ2n) is 7.06. The van der Waals surface area contributed by atoms with Gasteiger partial charge in [-0.2, -0.15) is 0 Å². The lowest BCUT2D eigenvalue weighted by Crippen LogP contribution is -2.41. The van der Waals surface area contributed by atoms with Gasteiger partial charge in [0.05, 0.1) is 26.0 Å². The van der Waals surface area contributed by atoms with Gasteiger partial charge in [-0.15, -0.1) is 0 Å². The van der Waals surface area contributed by atoms with Gasteiger partial charge in [0.1, 0.15) is 11.4 Å². The molecule has 1 atom stereocenters. The van der Waals surface area contributed by atoms with Crippen molar-refractivity contribution >= 4 is 11.6 Å². The fraction of sp³-hybridized carbons (Fsp3) is 0.364. The molecule has 1 unspecified atom stereocenters. The Kier molecular flexibility index (Phi) is 5.30. The van der Waals surface area contributed by atoms with E-state index in [-0.39, 0.29) is 11.8 Å². The van der Waals surface area contributed by atoms with E-state index in [4.69, 9.17) is 9.47 Å². The monoisotopic (exact) mass is 379 g/mol. The van der Waals surface area contributed by atoms with E-state index in [1.165, 1.54) is 0 Å². The number of aryl methyl sites for hydroxylation is 1. The third-order valence-corrected chi connectivity index (χ3v) is 5.37. The van der Waals surface area contributed by atoms with Crippen LogP contribution in [0.4, 0.5) is 0 Å². The number of para-hydroxylation sites is 1. The maximum absolute atomic E-state index is 13.1. The summed E-state index contributed by atoms with van der Waals surface area (Å²) in [7, 11) is 1.67. The van der Waals surface area contributed by atoms with Crippen LogP contribution in [0.2, 0.25) is 0 Å². The second kappa shape index (κ2) is 8.02. The number of hydrogen-bond acceptors (Lipinski definition) is 4. The molecule has 1 aliphatic heterocycles. The SMILES string of the molecule is COc1ccccc1C(CC(=O)N1CCOCC1)c1cnc2c(C)cccn12. The molecule has 1 saturated heterocycles. The maximum Gasteiger partial charge on any atom is 0.223 e. The molecule has 0 saturated carbocycles. The summed E-state index contributed by atoms with van der Waals surface area (Å²) in [6.07, 6.45) is 4.25. The van der Waals surface area contributed by atoms with Crippen LogP contribution in [0, 0.1) is 6.92 Å². The summed E-state index contributed by atoms with van der Waals surface area (Å²) in [5, 5.41) is 0. The first kappa shape index (κ1) is 18.5. The van der Waals surface area contributed by atoms with Crippen molar-refractivity contribution in [1.29, 1.82) is 0 Å². The zero-order chi connectivity index (χ0) is 19.5. The standard InChI is InChI=1S/C22H25N3O3/c1-16-6-5-9-25-19(15-23-22(16)25)18(17-7-3-4-8-20(17)27-2)14-21(26)24-10-12-28-13-11-24/h3-9,15,18H,10-14H2,1-2H3. The van der Waals surface area contributed by atoms with Gasteiger partial charge in [-0.1, -0.05) is 24.3 Å². The fourth-order valence-electron chi connectivity index (χ4n) is 3.87. The van der Waals surface area contributed by atoms with Crippen molar-refractivity contribution in [2.24, 2.45) is 0 Å². The van der Waals surface area contributed by atoms with Gasteiger partial charge >= 0.3 is 0 Å². The lowest BCUT2D eigenvalue weighted by atomic mass is 9.91. The van der Waals surface area contributed by atoms with Gasteiger partial charge in [0.2, 0.25) is 5.91 Å². The number of imidazole rings is 1. The molecule has 4 rings (SSSR count). The first-order valence-corrected chi connectivity index (χ1v) is 9.60. The van der Waals surface area contributed by atoms with Crippen LogP contribution in [0.3, 0.4) is 0 Å². The molecule has 3 heterocycles. The van der Waals surface area contributed by atoms with E-state index in [1.54, 1.807) is 7.11 Å². The van der Waals surface area contributed by atoms with Crippen LogP contribution in [0.5, 0.6) is 5.75 Å². The molecule has 6 nitrogen and oxygen atoms in total. The van der Waals surface area contributed by atoms with Crippen LogP contribution in [-0.2, 0) is 9.53 Å². The number of pyridine rings is 1. The molecule has 0 aliphatic carbocycles. The molecule has 1 aromatic carbocycles. The van der Waals surface area contributed by atoms with Crippen LogP contribution in [0.1, 0.15) is 29.2 Å². The Labute approximate surface area is 164 Å². The summed E-state index contributed by atoms with van der Waals surface area (Å²) >= 11 is 0. The van der Waals surface area contributed by atoms with Gasteiger partial charge < -0.3 is 18.8 Å². The molecule has 28 heavy (non-hydrogen) atoms. The van der Waals surface area contributed by atoms with E-state index in [9.17, 15) is 4.79 Å². The van der Waals surface area contributed by atoms with Crippen LogP contribution < -0.4 is 4.74 Å². The highest BCUT2D eigenvalue weighted by Gasteiger charge is 2.27. The third-order valence-electron chi connectivity index (χ3n) is 5.37. The van der Waals surface area contributed by atoms with E-state index in [2.05, 4.69) is 9.38 Å². The number of morpholine rings is 1. The van der Waals surface area contributed by atoms with Gasteiger partial charge in [0, 0.05) is 43.4 Å². The normalized spacial score (nSPS) is 15.6. The van der Waals surface area contributed by atoms with E-state index in [0.29, 0.717) is 32.7 Å². The zero-order valence-electron chi connectivity index (χ0n) is 16.3. The van der Waals surface area contributed by atoms with Crippen molar-refractivity contribution in [2.45, 2.75) is 19.3 Å². The highest BCUT2D eigenvalue weighted by atomic mass is 16.5. The Morgan fingerprint density at radius 1 is 1.21 bits per heavy atom. The lowest BCUT2D eigenvalue weighted by molar-refractivity contribution is -0.135.